The smallest absolute Gasteiger partial charge is 0.425 e. The maximum atomic E-state index is 12.6. The van der Waals surface area contributed by atoms with Crippen molar-refractivity contribution < 1.29 is 37.3 Å². The minimum Gasteiger partial charge on any atom is -0.481 e. The van der Waals surface area contributed by atoms with Gasteiger partial charge in [0.15, 0.2) is 6.10 Å². The Hall–Kier alpha value is -2.00. The molecule has 1 aromatic carbocycles. The van der Waals surface area contributed by atoms with Gasteiger partial charge in [0.1, 0.15) is 0 Å². The predicted octanol–water partition coefficient (Wildman–Crippen LogP) is 5.69. The molecular weight excluding hydrogens is 463 g/mol. The Morgan fingerprint density at radius 1 is 1.18 bits per heavy atom. The van der Waals surface area contributed by atoms with Crippen LogP contribution in [0, 0.1) is 0 Å². The zero-order valence-corrected chi connectivity index (χ0v) is 19.5. The van der Waals surface area contributed by atoms with Gasteiger partial charge in [-0.05, 0) is 62.8 Å². The fourth-order valence-corrected chi connectivity index (χ4v) is 4.72. The molecule has 33 heavy (non-hydrogen) atoms. The third kappa shape index (κ3) is 5.74. The molecular formula is C23H29ClF3NO5. The van der Waals surface area contributed by atoms with Crippen molar-refractivity contribution in [2.45, 2.75) is 82.3 Å². The van der Waals surface area contributed by atoms with Gasteiger partial charge in [0.2, 0.25) is 0 Å². The number of amides is 1. The number of likely N-dealkylation sites (tertiary alicyclic amines) is 1. The van der Waals surface area contributed by atoms with E-state index in [0.29, 0.717) is 36.3 Å². The van der Waals surface area contributed by atoms with E-state index < -0.39 is 35.4 Å². The summed E-state index contributed by atoms with van der Waals surface area (Å²) in [5.74, 6) is -0.866. The average Bonchev–Trinajstić information content (AvgIpc) is 3.24. The summed E-state index contributed by atoms with van der Waals surface area (Å²) in [5, 5.41) is 10.5. The number of carbonyl (C=O) groups is 2. The number of carboxylic acid groups (broad SMARTS) is 1. The number of carbonyl (C=O) groups excluding carboxylic acids is 1. The van der Waals surface area contributed by atoms with Crippen molar-refractivity contribution in [3.63, 3.8) is 0 Å². The lowest BCUT2D eigenvalue weighted by atomic mass is 9.76. The third-order valence-electron chi connectivity index (χ3n) is 6.85. The Morgan fingerprint density at radius 2 is 1.79 bits per heavy atom. The van der Waals surface area contributed by atoms with Gasteiger partial charge in [-0.3, -0.25) is 4.79 Å². The zero-order chi connectivity index (χ0) is 24.4. The van der Waals surface area contributed by atoms with Crippen LogP contribution >= 0.6 is 11.6 Å². The molecule has 1 saturated heterocycles. The van der Waals surface area contributed by atoms with Crippen molar-refractivity contribution in [2.75, 3.05) is 13.1 Å². The minimum atomic E-state index is -4.61. The molecule has 0 radical (unpaired) electrons. The number of nitrogens with zero attached hydrogens (tertiary/aromatic N) is 1. The second kappa shape index (κ2) is 9.70. The van der Waals surface area contributed by atoms with Crippen LogP contribution < -0.4 is 0 Å². The number of benzene rings is 1. The van der Waals surface area contributed by atoms with Crippen molar-refractivity contribution in [3.05, 3.63) is 34.3 Å². The lowest BCUT2D eigenvalue weighted by Crippen LogP contribution is -2.48. The van der Waals surface area contributed by atoms with Crippen LogP contribution in [0.3, 0.4) is 0 Å². The largest absolute Gasteiger partial charge is 0.481 e. The number of hydrogen-bond acceptors (Lipinski definition) is 4. The van der Waals surface area contributed by atoms with Crippen molar-refractivity contribution >= 4 is 23.7 Å². The van der Waals surface area contributed by atoms with Crippen LogP contribution in [0.15, 0.2) is 18.2 Å². The Bertz CT molecular complexity index is 877. The van der Waals surface area contributed by atoms with Crippen LogP contribution in [0.2, 0.25) is 5.02 Å². The van der Waals surface area contributed by atoms with Gasteiger partial charge in [-0.1, -0.05) is 30.5 Å². The van der Waals surface area contributed by atoms with Crippen LogP contribution in [0.1, 0.15) is 63.5 Å². The average molecular weight is 492 g/mol. The van der Waals surface area contributed by atoms with E-state index in [1.165, 1.54) is 4.90 Å². The molecule has 2 fully saturated rings. The molecule has 1 aliphatic heterocycles. The SMILES string of the molecule is CC(OC(=O)N1CCC(C)(OCc2ccc(Cl)cc2C2(C(=O)O)CCCC2)CC1)C(F)(F)F. The molecule has 1 heterocycles. The molecule has 0 spiro atoms. The molecule has 1 aliphatic carbocycles. The van der Waals surface area contributed by atoms with Gasteiger partial charge in [0.25, 0.3) is 0 Å². The van der Waals surface area contributed by atoms with Gasteiger partial charge in [0.05, 0.1) is 17.6 Å². The number of hydrogen-bond donors (Lipinski definition) is 1. The summed E-state index contributed by atoms with van der Waals surface area (Å²) in [6.45, 7) is 3.26. The number of carboxylic acids is 1. The van der Waals surface area contributed by atoms with E-state index in [-0.39, 0.29) is 19.7 Å². The van der Waals surface area contributed by atoms with E-state index in [9.17, 15) is 27.9 Å². The van der Waals surface area contributed by atoms with E-state index >= 15 is 0 Å². The number of alkyl halides is 3. The maximum absolute atomic E-state index is 12.6. The Kier molecular flexibility index (Phi) is 7.53. The zero-order valence-electron chi connectivity index (χ0n) is 18.7. The fraction of sp³-hybridized carbons (Fsp3) is 0.652. The van der Waals surface area contributed by atoms with Crippen molar-refractivity contribution in [1.29, 1.82) is 0 Å². The minimum absolute atomic E-state index is 0.174. The first-order valence-electron chi connectivity index (χ1n) is 11.0. The Labute approximate surface area is 196 Å². The molecule has 1 unspecified atom stereocenters. The van der Waals surface area contributed by atoms with Crippen molar-refractivity contribution in [1.82, 2.24) is 4.90 Å². The molecule has 1 saturated carbocycles. The standard InChI is InChI=1S/C23H29ClF3NO5/c1-15(23(25,26)27)33-20(31)28-11-9-21(2,10-12-28)32-14-16-5-6-17(24)13-18(16)22(19(29)30)7-3-4-8-22/h5-6,13,15H,3-4,7-12,14H2,1-2H3,(H,29,30). The first kappa shape index (κ1) is 25.6. The van der Waals surface area contributed by atoms with E-state index in [2.05, 4.69) is 4.74 Å². The van der Waals surface area contributed by atoms with Gasteiger partial charge in [0, 0.05) is 18.1 Å². The molecule has 1 aromatic rings. The number of halogens is 4. The molecule has 0 aromatic heterocycles. The van der Waals surface area contributed by atoms with Crippen LogP contribution in [-0.4, -0.2) is 53.0 Å². The highest BCUT2D eigenvalue weighted by atomic mass is 35.5. The molecule has 10 heteroatoms. The summed E-state index contributed by atoms with van der Waals surface area (Å²) < 4.78 is 48.7. The second-order valence-corrected chi connectivity index (χ2v) is 9.63. The summed E-state index contributed by atoms with van der Waals surface area (Å²) in [6, 6.07) is 5.20. The molecule has 3 rings (SSSR count). The lowest BCUT2D eigenvalue weighted by molar-refractivity contribution is -0.200. The highest BCUT2D eigenvalue weighted by Crippen LogP contribution is 2.44. The van der Waals surface area contributed by atoms with Gasteiger partial charge in [-0.2, -0.15) is 13.2 Å². The number of piperidine rings is 1. The van der Waals surface area contributed by atoms with Crippen molar-refractivity contribution in [2.24, 2.45) is 0 Å². The molecule has 1 N–H and O–H groups in total. The van der Waals surface area contributed by atoms with Crippen LogP contribution in [0.5, 0.6) is 0 Å². The monoisotopic (exact) mass is 491 g/mol. The van der Waals surface area contributed by atoms with Crippen LogP contribution in [0.25, 0.3) is 0 Å². The van der Waals surface area contributed by atoms with E-state index in [4.69, 9.17) is 16.3 Å². The van der Waals surface area contributed by atoms with E-state index in [1.807, 2.05) is 6.92 Å². The Morgan fingerprint density at radius 3 is 2.33 bits per heavy atom. The highest BCUT2D eigenvalue weighted by Gasteiger charge is 2.45. The Balaban J connectivity index is 1.65. The van der Waals surface area contributed by atoms with E-state index in [0.717, 1.165) is 25.3 Å². The quantitative estimate of drug-likeness (QED) is 0.553. The summed E-state index contributed by atoms with van der Waals surface area (Å²) in [5.41, 5.74) is -0.168. The predicted molar refractivity (Wildman–Crippen MR) is 115 cm³/mol. The molecule has 1 atom stereocenters. The molecule has 1 amide bonds. The first-order valence-corrected chi connectivity index (χ1v) is 11.4. The van der Waals surface area contributed by atoms with Gasteiger partial charge < -0.3 is 19.5 Å². The number of aliphatic carboxylic acids is 1. The van der Waals surface area contributed by atoms with E-state index in [1.54, 1.807) is 18.2 Å². The molecule has 6 nitrogen and oxygen atoms in total. The van der Waals surface area contributed by atoms with Crippen molar-refractivity contribution in [3.8, 4) is 0 Å². The number of ether oxygens (including phenoxy) is 2. The molecule has 184 valence electrons. The normalized spacial score (nSPS) is 21.0. The van der Waals surface area contributed by atoms with Gasteiger partial charge in [-0.15, -0.1) is 0 Å². The molecule has 0 bridgehead atoms. The van der Waals surface area contributed by atoms with Crippen LogP contribution in [0.4, 0.5) is 18.0 Å². The second-order valence-electron chi connectivity index (χ2n) is 9.19. The summed E-state index contributed by atoms with van der Waals surface area (Å²) >= 11 is 6.19. The highest BCUT2D eigenvalue weighted by molar-refractivity contribution is 6.30. The maximum Gasteiger partial charge on any atom is 0.425 e. The topological polar surface area (TPSA) is 76.1 Å². The third-order valence-corrected chi connectivity index (χ3v) is 7.08. The fourth-order valence-electron chi connectivity index (χ4n) is 4.55. The summed E-state index contributed by atoms with van der Waals surface area (Å²) in [7, 11) is 0. The lowest BCUT2D eigenvalue weighted by Gasteiger charge is -2.39. The van der Waals surface area contributed by atoms with Crippen LogP contribution in [-0.2, 0) is 26.3 Å². The summed E-state index contributed by atoms with van der Waals surface area (Å²) in [4.78, 5) is 25.5. The number of rotatable bonds is 6. The summed E-state index contributed by atoms with van der Waals surface area (Å²) in [6.07, 6.45) is -4.20. The first-order chi connectivity index (χ1) is 15.4. The van der Waals surface area contributed by atoms with Gasteiger partial charge in [-0.25, -0.2) is 4.79 Å². The van der Waals surface area contributed by atoms with Gasteiger partial charge >= 0.3 is 18.2 Å². The molecule has 2 aliphatic rings.